The number of sulfonamides is 1. The molecule has 0 atom stereocenters. The first-order chi connectivity index (χ1) is 15.2. The Kier molecular flexibility index (Phi) is 7.36. The Bertz CT molecular complexity index is 1180. The van der Waals surface area contributed by atoms with E-state index in [1.54, 1.807) is 12.1 Å². The molecule has 0 aliphatic carbocycles. The molecule has 168 valence electrons. The van der Waals surface area contributed by atoms with E-state index in [0.29, 0.717) is 16.9 Å². The van der Waals surface area contributed by atoms with Crippen molar-refractivity contribution in [2.24, 2.45) is 0 Å². The molecule has 0 unspecified atom stereocenters. The molecule has 0 aliphatic heterocycles. The lowest BCUT2D eigenvalue weighted by Gasteiger charge is -2.23. The fourth-order valence-electron chi connectivity index (χ4n) is 3.45. The highest BCUT2D eigenvalue weighted by Gasteiger charge is 2.18. The van der Waals surface area contributed by atoms with Crippen molar-refractivity contribution in [1.82, 2.24) is 0 Å². The average molecular weight is 451 g/mol. The highest BCUT2D eigenvalue weighted by Crippen LogP contribution is 2.24. The number of rotatable bonds is 8. The number of nitrogens with zero attached hydrogens (tertiary/aromatic N) is 1. The van der Waals surface area contributed by atoms with E-state index >= 15 is 0 Å². The number of aryl methyl sites for hydroxylation is 3. The molecule has 0 spiro atoms. The first kappa shape index (κ1) is 23.5. The van der Waals surface area contributed by atoms with E-state index in [1.807, 2.05) is 68.4 Å². The molecule has 1 N–H and O–H groups in total. The lowest BCUT2D eigenvalue weighted by atomic mass is 10.1. The molecule has 32 heavy (non-hydrogen) atoms. The summed E-state index contributed by atoms with van der Waals surface area (Å²) in [5, 5.41) is 2.90. The van der Waals surface area contributed by atoms with Gasteiger partial charge in [0.1, 0.15) is 0 Å². The number of amides is 1. The molecule has 3 aromatic rings. The van der Waals surface area contributed by atoms with Crippen LogP contribution < -0.4 is 9.62 Å². The van der Waals surface area contributed by atoms with Gasteiger partial charge < -0.3 is 5.32 Å². The Morgan fingerprint density at radius 3 is 2.06 bits per heavy atom. The van der Waals surface area contributed by atoms with Crippen LogP contribution >= 0.6 is 0 Å². The molecule has 0 aliphatic rings. The molecule has 3 aromatic carbocycles. The minimum absolute atomic E-state index is 0.173. The smallest absolute Gasteiger partial charge is 0.255 e. The Labute approximate surface area is 191 Å². The van der Waals surface area contributed by atoms with Gasteiger partial charge in [0.05, 0.1) is 18.5 Å². The number of benzene rings is 3. The van der Waals surface area contributed by atoms with Crippen LogP contribution in [0.15, 0.2) is 66.7 Å². The van der Waals surface area contributed by atoms with E-state index < -0.39 is 10.0 Å². The van der Waals surface area contributed by atoms with Gasteiger partial charge >= 0.3 is 0 Å². The number of hydrogen-bond acceptors (Lipinski definition) is 3. The SMILES string of the molecule is CCCc1ccc(C(=O)Nc2ccc(CN(c3ccc(C)c(C)c3)S(C)(=O)=O)cc2)cc1. The summed E-state index contributed by atoms with van der Waals surface area (Å²) in [5.74, 6) is -0.173. The zero-order valence-electron chi connectivity index (χ0n) is 19.1. The minimum Gasteiger partial charge on any atom is -0.322 e. The van der Waals surface area contributed by atoms with Crippen LogP contribution in [0.25, 0.3) is 0 Å². The number of nitrogens with one attached hydrogen (secondary N) is 1. The van der Waals surface area contributed by atoms with Gasteiger partial charge in [0, 0.05) is 11.3 Å². The van der Waals surface area contributed by atoms with Crippen molar-refractivity contribution in [1.29, 1.82) is 0 Å². The van der Waals surface area contributed by atoms with Crippen LogP contribution in [0.1, 0.15) is 46.0 Å². The van der Waals surface area contributed by atoms with Gasteiger partial charge in [-0.3, -0.25) is 9.10 Å². The number of anilines is 2. The van der Waals surface area contributed by atoms with Crippen LogP contribution in [0.2, 0.25) is 0 Å². The second kappa shape index (κ2) is 10.0. The number of carbonyl (C=O) groups is 1. The van der Waals surface area contributed by atoms with Crippen LogP contribution in [0.3, 0.4) is 0 Å². The molecular formula is C26H30N2O3S. The largest absolute Gasteiger partial charge is 0.322 e. The van der Waals surface area contributed by atoms with Crippen molar-refractivity contribution in [3.05, 3.63) is 94.5 Å². The molecule has 0 fully saturated rings. The summed E-state index contributed by atoms with van der Waals surface area (Å²) in [5.41, 5.74) is 6.10. The van der Waals surface area contributed by atoms with Gasteiger partial charge in [-0.05, 0) is 78.9 Å². The van der Waals surface area contributed by atoms with Gasteiger partial charge in [-0.2, -0.15) is 0 Å². The Morgan fingerprint density at radius 2 is 1.50 bits per heavy atom. The molecule has 0 saturated heterocycles. The summed E-state index contributed by atoms with van der Waals surface area (Å²) in [4.78, 5) is 12.5. The van der Waals surface area contributed by atoms with Gasteiger partial charge in [-0.25, -0.2) is 8.42 Å². The molecule has 5 nitrogen and oxygen atoms in total. The molecule has 0 bridgehead atoms. The minimum atomic E-state index is -3.46. The zero-order chi connectivity index (χ0) is 23.3. The average Bonchev–Trinajstić information content (AvgIpc) is 2.75. The molecule has 0 heterocycles. The molecule has 0 saturated carbocycles. The summed E-state index contributed by atoms with van der Waals surface area (Å²) < 4.78 is 26.3. The lowest BCUT2D eigenvalue weighted by molar-refractivity contribution is 0.102. The van der Waals surface area contributed by atoms with Crippen LogP contribution in [0, 0.1) is 13.8 Å². The van der Waals surface area contributed by atoms with Crippen LogP contribution in [-0.2, 0) is 23.0 Å². The second-order valence-corrected chi connectivity index (χ2v) is 10.0. The van der Waals surface area contributed by atoms with Gasteiger partial charge in [0.25, 0.3) is 5.91 Å². The molecule has 0 radical (unpaired) electrons. The third-order valence-corrected chi connectivity index (χ3v) is 6.61. The standard InChI is InChI=1S/C26H30N2O3S/c1-5-6-21-8-12-23(13-9-21)26(29)27-24-14-10-22(11-15-24)18-28(32(4,30)31)25-16-7-19(2)20(3)17-25/h7-17H,5-6,18H2,1-4H3,(H,27,29). The van der Waals surface area contributed by atoms with Crippen LogP contribution in [0.5, 0.6) is 0 Å². The number of carbonyl (C=O) groups excluding carboxylic acids is 1. The van der Waals surface area contributed by atoms with E-state index in [4.69, 9.17) is 0 Å². The highest BCUT2D eigenvalue weighted by atomic mass is 32.2. The Morgan fingerprint density at radius 1 is 0.875 bits per heavy atom. The van der Waals surface area contributed by atoms with E-state index in [9.17, 15) is 13.2 Å². The first-order valence-electron chi connectivity index (χ1n) is 10.7. The molecular weight excluding hydrogens is 420 g/mol. The van der Waals surface area contributed by atoms with E-state index in [-0.39, 0.29) is 12.5 Å². The van der Waals surface area contributed by atoms with Crippen LogP contribution in [0.4, 0.5) is 11.4 Å². The van der Waals surface area contributed by atoms with Gasteiger partial charge in [0.15, 0.2) is 0 Å². The summed E-state index contributed by atoms with van der Waals surface area (Å²) in [6.07, 6.45) is 3.27. The zero-order valence-corrected chi connectivity index (χ0v) is 19.9. The maximum atomic E-state index is 12.5. The van der Waals surface area contributed by atoms with Crippen molar-refractivity contribution >= 4 is 27.3 Å². The lowest BCUT2D eigenvalue weighted by Crippen LogP contribution is -2.29. The summed E-state index contributed by atoms with van der Waals surface area (Å²) in [7, 11) is -3.46. The van der Waals surface area contributed by atoms with E-state index in [2.05, 4.69) is 12.2 Å². The van der Waals surface area contributed by atoms with Crippen molar-refractivity contribution < 1.29 is 13.2 Å². The van der Waals surface area contributed by atoms with Gasteiger partial charge in [-0.15, -0.1) is 0 Å². The molecule has 3 rings (SSSR count). The summed E-state index contributed by atoms with van der Waals surface area (Å²) in [6.45, 7) is 6.31. The van der Waals surface area contributed by atoms with Crippen molar-refractivity contribution in [2.75, 3.05) is 15.9 Å². The first-order valence-corrected chi connectivity index (χ1v) is 12.6. The predicted octanol–water partition coefficient (Wildman–Crippen LogP) is 5.47. The fourth-order valence-corrected chi connectivity index (χ4v) is 4.33. The maximum Gasteiger partial charge on any atom is 0.255 e. The second-order valence-electron chi connectivity index (χ2n) is 8.14. The van der Waals surface area contributed by atoms with E-state index in [1.165, 1.54) is 16.1 Å². The van der Waals surface area contributed by atoms with Crippen molar-refractivity contribution in [3.63, 3.8) is 0 Å². The molecule has 1 amide bonds. The third-order valence-electron chi connectivity index (χ3n) is 5.47. The fraction of sp³-hybridized carbons (Fsp3) is 0.269. The van der Waals surface area contributed by atoms with E-state index in [0.717, 1.165) is 29.5 Å². The van der Waals surface area contributed by atoms with Crippen molar-refractivity contribution in [2.45, 2.75) is 40.2 Å². The number of hydrogen-bond donors (Lipinski definition) is 1. The molecule has 6 heteroatoms. The Hall–Kier alpha value is -3.12. The Balaban J connectivity index is 1.72. The van der Waals surface area contributed by atoms with Gasteiger partial charge in [0.2, 0.25) is 10.0 Å². The highest BCUT2D eigenvalue weighted by molar-refractivity contribution is 7.92. The monoisotopic (exact) mass is 450 g/mol. The third kappa shape index (κ3) is 5.98. The topological polar surface area (TPSA) is 66.5 Å². The summed E-state index contributed by atoms with van der Waals surface area (Å²) >= 11 is 0. The maximum absolute atomic E-state index is 12.5. The quantitative estimate of drug-likeness (QED) is 0.495. The van der Waals surface area contributed by atoms with Crippen LogP contribution in [-0.4, -0.2) is 20.6 Å². The summed E-state index contributed by atoms with van der Waals surface area (Å²) in [6, 6.07) is 20.5. The van der Waals surface area contributed by atoms with Gasteiger partial charge in [-0.1, -0.05) is 43.7 Å². The molecule has 0 aromatic heterocycles. The predicted molar refractivity (Wildman–Crippen MR) is 132 cm³/mol. The normalized spacial score (nSPS) is 11.2. The van der Waals surface area contributed by atoms with Crippen molar-refractivity contribution in [3.8, 4) is 0 Å².